The van der Waals surface area contributed by atoms with E-state index in [0.717, 1.165) is 23.6 Å². The summed E-state index contributed by atoms with van der Waals surface area (Å²) >= 11 is 13.5. The van der Waals surface area contributed by atoms with E-state index >= 15 is 0 Å². The fourth-order valence-electron chi connectivity index (χ4n) is 2.02. The first kappa shape index (κ1) is 15.5. The molecule has 0 aliphatic rings. The third-order valence-corrected chi connectivity index (χ3v) is 6.37. The van der Waals surface area contributed by atoms with Crippen LogP contribution in [0.25, 0.3) is 0 Å². The summed E-state index contributed by atoms with van der Waals surface area (Å²) in [5, 5.41) is 6.66. The maximum absolute atomic E-state index is 6.45. The third-order valence-electron chi connectivity index (χ3n) is 3.02. The van der Waals surface area contributed by atoms with Gasteiger partial charge in [-0.05, 0) is 65.3 Å². The van der Waals surface area contributed by atoms with Crippen LogP contribution in [0, 0.1) is 13.8 Å². The minimum Gasteiger partial charge on any atom is -0.306 e. The SMILES string of the molecule is CCCNC(c1cc(Br)sc1C)c1scc(C)c1Cl. The normalized spacial score (nSPS) is 12.9. The molecule has 0 fully saturated rings. The number of hydrogen-bond donors (Lipinski definition) is 1. The summed E-state index contributed by atoms with van der Waals surface area (Å²) in [5.41, 5.74) is 2.49. The summed E-state index contributed by atoms with van der Waals surface area (Å²) in [6.45, 7) is 7.40. The molecule has 19 heavy (non-hydrogen) atoms. The second kappa shape index (κ2) is 6.72. The Morgan fingerprint density at radius 1 is 1.42 bits per heavy atom. The van der Waals surface area contributed by atoms with E-state index in [1.54, 1.807) is 22.7 Å². The lowest BCUT2D eigenvalue weighted by atomic mass is 10.1. The van der Waals surface area contributed by atoms with Crippen LogP contribution in [-0.2, 0) is 0 Å². The lowest BCUT2D eigenvalue weighted by molar-refractivity contribution is 0.605. The largest absolute Gasteiger partial charge is 0.306 e. The third kappa shape index (κ3) is 3.42. The van der Waals surface area contributed by atoms with Crippen molar-refractivity contribution in [1.29, 1.82) is 0 Å². The molecule has 0 aromatic carbocycles. The van der Waals surface area contributed by atoms with E-state index in [2.05, 4.69) is 53.5 Å². The molecular formula is C14H17BrClNS2. The van der Waals surface area contributed by atoms with Gasteiger partial charge in [0.05, 0.1) is 14.9 Å². The van der Waals surface area contributed by atoms with Crippen LogP contribution in [0.15, 0.2) is 15.2 Å². The van der Waals surface area contributed by atoms with Gasteiger partial charge in [0, 0.05) is 9.75 Å². The van der Waals surface area contributed by atoms with E-state index in [1.165, 1.54) is 19.1 Å². The summed E-state index contributed by atoms with van der Waals surface area (Å²) in [4.78, 5) is 2.56. The Kier molecular flexibility index (Phi) is 5.49. The lowest BCUT2D eigenvalue weighted by Crippen LogP contribution is -2.22. The monoisotopic (exact) mass is 377 g/mol. The molecule has 2 aromatic rings. The van der Waals surface area contributed by atoms with E-state index in [4.69, 9.17) is 11.6 Å². The maximum Gasteiger partial charge on any atom is 0.0704 e. The van der Waals surface area contributed by atoms with Gasteiger partial charge in [-0.3, -0.25) is 0 Å². The zero-order valence-corrected chi connectivity index (χ0v) is 15.2. The number of halogens is 2. The van der Waals surface area contributed by atoms with Gasteiger partial charge in [0.15, 0.2) is 0 Å². The zero-order valence-electron chi connectivity index (χ0n) is 11.2. The van der Waals surface area contributed by atoms with Gasteiger partial charge in [-0.15, -0.1) is 22.7 Å². The molecule has 0 saturated heterocycles. The van der Waals surface area contributed by atoms with Gasteiger partial charge in [-0.1, -0.05) is 18.5 Å². The van der Waals surface area contributed by atoms with Gasteiger partial charge in [0.1, 0.15) is 0 Å². The van der Waals surface area contributed by atoms with E-state index < -0.39 is 0 Å². The molecule has 2 heterocycles. The highest BCUT2D eigenvalue weighted by Gasteiger charge is 2.22. The van der Waals surface area contributed by atoms with Crippen molar-refractivity contribution in [2.24, 2.45) is 0 Å². The van der Waals surface area contributed by atoms with E-state index in [1.807, 2.05) is 0 Å². The van der Waals surface area contributed by atoms with Crippen molar-refractivity contribution < 1.29 is 0 Å². The average molecular weight is 379 g/mol. The maximum atomic E-state index is 6.45. The average Bonchev–Trinajstić information content (AvgIpc) is 2.86. The Bertz CT molecular complexity index is 560. The molecule has 1 unspecified atom stereocenters. The van der Waals surface area contributed by atoms with Crippen molar-refractivity contribution in [3.05, 3.63) is 41.1 Å². The van der Waals surface area contributed by atoms with Crippen LogP contribution in [0.5, 0.6) is 0 Å². The molecule has 0 spiro atoms. The molecule has 1 nitrogen and oxygen atoms in total. The van der Waals surface area contributed by atoms with Crippen molar-refractivity contribution in [2.45, 2.75) is 33.2 Å². The van der Waals surface area contributed by atoms with Crippen molar-refractivity contribution in [3.8, 4) is 0 Å². The molecule has 1 atom stereocenters. The molecule has 2 rings (SSSR count). The Morgan fingerprint density at radius 2 is 2.16 bits per heavy atom. The summed E-state index contributed by atoms with van der Waals surface area (Å²) < 4.78 is 1.17. The first-order valence-electron chi connectivity index (χ1n) is 6.27. The van der Waals surface area contributed by atoms with Gasteiger partial charge in [0.2, 0.25) is 0 Å². The molecule has 0 amide bonds. The predicted molar refractivity (Wildman–Crippen MR) is 91.0 cm³/mol. The van der Waals surface area contributed by atoms with Crippen LogP contribution in [-0.4, -0.2) is 6.54 Å². The molecule has 0 radical (unpaired) electrons. The quantitative estimate of drug-likeness (QED) is 0.679. The van der Waals surface area contributed by atoms with Gasteiger partial charge in [-0.2, -0.15) is 0 Å². The number of aryl methyl sites for hydroxylation is 2. The molecule has 104 valence electrons. The van der Waals surface area contributed by atoms with Crippen molar-refractivity contribution in [2.75, 3.05) is 6.54 Å². The Hall–Kier alpha value is 0.130. The number of hydrogen-bond acceptors (Lipinski definition) is 3. The van der Waals surface area contributed by atoms with Gasteiger partial charge < -0.3 is 5.32 Å². The molecule has 2 aromatic heterocycles. The van der Waals surface area contributed by atoms with Gasteiger partial charge >= 0.3 is 0 Å². The zero-order chi connectivity index (χ0) is 14.0. The van der Waals surface area contributed by atoms with Crippen molar-refractivity contribution in [1.82, 2.24) is 5.32 Å². The summed E-state index contributed by atoms with van der Waals surface area (Å²) in [5.74, 6) is 0. The molecule has 0 aliphatic carbocycles. The van der Waals surface area contributed by atoms with Crippen LogP contribution < -0.4 is 5.32 Å². The number of thiophene rings is 2. The summed E-state index contributed by atoms with van der Waals surface area (Å²) in [6, 6.07) is 2.41. The highest BCUT2D eigenvalue weighted by atomic mass is 79.9. The fraction of sp³-hybridized carbons (Fsp3) is 0.429. The first-order chi connectivity index (χ1) is 9.04. The molecular weight excluding hydrogens is 362 g/mol. The highest BCUT2D eigenvalue weighted by Crippen LogP contribution is 2.39. The standard InChI is InChI=1S/C14H17BrClNS2/c1-4-5-17-13(10-6-11(15)19-9(10)3)14-12(16)8(2)7-18-14/h6-7,13,17H,4-5H2,1-3H3. The molecule has 0 bridgehead atoms. The Morgan fingerprint density at radius 3 is 2.63 bits per heavy atom. The van der Waals surface area contributed by atoms with Crippen LogP contribution in [0.1, 0.15) is 40.3 Å². The predicted octanol–water partition coefficient (Wildman–Crippen LogP) is 5.93. The van der Waals surface area contributed by atoms with Crippen LogP contribution in [0.3, 0.4) is 0 Å². The van der Waals surface area contributed by atoms with E-state index in [9.17, 15) is 0 Å². The summed E-state index contributed by atoms with van der Waals surface area (Å²) in [6.07, 6.45) is 1.11. The molecule has 1 N–H and O–H groups in total. The lowest BCUT2D eigenvalue weighted by Gasteiger charge is -2.18. The second-order valence-corrected chi connectivity index (χ2v) is 8.47. The minimum absolute atomic E-state index is 0.202. The van der Waals surface area contributed by atoms with Gasteiger partial charge in [-0.25, -0.2) is 0 Å². The first-order valence-corrected chi connectivity index (χ1v) is 9.14. The fourth-order valence-corrected chi connectivity index (χ4v) is 5.16. The van der Waals surface area contributed by atoms with Crippen LogP contribution in [0.4, 0.5) is 0 Å². The summed E-state index contributed by atoms with van der Waals surface area (Å²) in [7, 11) is 0. The van der Waals surface area contributed by atoms with Crippen molar-refractivity contribution >= 4 is 50.2 Å². The van der Waals surface area contributed by atoms with Crippen LogP contribution >= 0.6 is 50.2 Å². The van der Waals surface area contributed by atoms with Crippen molar-refractivity contribution in [3.63, 3.8) is 0 Å². The minimum atomic E-state index is 0.202. The van der Waals surface area contributed by atoms with E-state index in [0.29, 0.717) is 0 Å². The second-order valence-electron chi connectivity index (χ2n) is 4.55. The number of rotatable bonds is 5. The molecule has 5 heteroatoms. The smallest absolute Gasteiger partial charge is 0.0704 e. The van der Waals surface area contributed by atoms with Gasteiger partial charge in [0.25, 0.3) is 0 Å². The highest BCUT2D eigenvalue weighted by molar-refractivity contribution is 9.11. The Labute approximate surface area is 136 Å². The van der Waals surface area contributed by atoms with E-state index in [-0.39, 0.29) is 6.04 Å². The molecule has 0 saturated carbocycles. The topological polar surface area (TPSA) is 12.0 Å². The molecule has 0 aliphatic heterocycles. The number of nitrogens with one attached hydrogen (secondary N) is 1. The Balaban J connectivity index is 2.41. The van der Waals surface area contributed by atoms with Crippen LogP contribution in [0.2, 0.25) is 5.02 Å².